The molecule has 0 saturated carbocycles. The second-order valence-corrected chi connectivity index (χ2v) is 6.86. The Morgan fingerprint density at radius 3 is 3.09 bits per heavy atom. The van der Waals surface area contributed by atoms with E-state index in [0.29, 0.717) is 12.3 Å². The zero-order valence-electron chi connectivity index (χ0n) is 14.2. The molecule has 3 rings (SSSR count). The molecule has 1 amide bonds. The average Bonchev–Trinajstić information content (AvgIpc) is 3.16. The molecule has 2 N–H and O–H groups in total. The van der Waals surface area contributed by atoms with Crippen LogP contribution in [0.1, 0.15) is 69.6 Å². The van der Waals surface area contributed by atoms with Crippen LogP contribution in [0.2, 0.25) is 0 Å². The van der Waals surface area contributed by atoms with Gasteiger partial charge in [-0.15, -0.1) is 10.2 Å². The van der Waals surface area contributed by atoms with Crippen LogP contribution in [0, 0.1) is 5.92 Å². The van der Waals surface area contributed by atoms with Crippen LogP contribution in [0.25, 0.3) is 0 Å². The quantitative estimate of drug-likeness (QED) is 0.841. The van der Waals surface area contributed by atoms with Crippen LogP contribution in [-0.4, -0.2) is 33.8 Å². The van der Waals surface area contributed by atoms with Crippen molar-refractivity contribution in [1.82, 2.24) is 25.4 Å². The fourth-order valence-electron chi connectivity index (χ4n) is 3.68. The monoisotopic (exact) mass is 319 g/mol. The summed E-state index contributed by atoms with van der Waals surface area (Å²) < 4.78 is 2.24. The molecule has 6 nitrogen and oxygen atoms in total. The first-order valence-corrected chi connectivity index (χ1v) is 9.20. The van der Waals surface area contributed by atoms with Crippen LogP contribution in [-0.2, 0) is 17.8 Å². The topological polar surface area (TPSA) is 71.8 Å². The molecule has 6 heteroatoms. The summed E-state index contributed by atoms with van der Waals surface area (Å²) in [5.74, 6) is 2.84. The van der Waals surface area contributed by atoms with Crippen LogP contribution in [0.5, 0.6) is 0 Å². The fourth-order valence-corrected chi connectivity index (χ4v) is 3.68. The first-order chi connectivity index (χ1) is 11.3. The number of amides is 1. The molecule has 1 fully saturated rings. The summed E-state index contributed by atoms with van der Waals surface area (Å²) in [5.41, 5.74) is 0. The van der Waals surface area contributed by atoms with Gasteiger partial charge in [0, 0.05) is 19.4 Å². The molecule has 1 aromatic rings. The van der Waals surface area contributed by atoms with Gasteiger partial charge in [-0.05, 0) is 51.1 Å². The predicted molar refractivity (Wildman–Crippen MR) is 89.0 cm³/mol. The SMILES string of the molecule is CCC(NC(=O)CCC1CCNC1)c1nnc2n1CCCCC2. The summed E-state index contributed by atoms with van der Waals surface area (Å²) in [5, 5.41) is 15.3. The summed E-state index contributed by atoms with van der Waals surface area (Å²) in [6, 6.07) is -0.0106. The molecule has 0 spiro atoms. The molecule has 0 aliphatic carbocycles. The van der Waals surface area contributed by atoms with E-state index in [2.05, 4.69) is 32.3 Å². The number of aryl methyl sites for hydroxylation is 1. The molecule has 2 unspecified atom stereocenters. The lowest BCUT2D eigenvalue weighted by Crippen LogP contribution is -2.30. The minimum absolute atomic E-state index is 0.0106. The standard InChI is InChI=1S/C17H29N5O/c1-2-14(19-16(23)8-7-13-9-10-18-12-13)17-21-20-15-6-4-3-5-11-22(15)17/h13-14,18H,2-12H2,1H3,(H,19,23). The Balaban J connectivity index is 1.58. The lowest BCUT2D eigenvalue weighted by atomic mass is 10.0. The van der Waals surface area contributed by atoms with E-state index in [0.717, 1.165) is 50.5 Å². The zero-order chi connectivity index (χ0) is 16.1. The summed E-state index contributed by atoms with van der Waals surface area (Å²) in [6.07, 6.45) is 8.27. The Hall–Kier alpha value is -1.43. The minimum atomic E-state index is -0.0106. The Bertz CT molecular complexity index is 521. The van der Waals surface area contributed by atoms with E-state index in [9.17, 15) is 4.79 Å². The van der Waals surface area contributed by atoms with Gasteiger partial charge in [-0.25, -0.2) is 0 Å². The third kappa shape index (κ3) is 4.10. The largest absolute Gasteiger partial charge is 0.346 e. The fraction of sp³-hybridized carbons (Fsp3) is 0.824. The average molecular weight is 319 g/mol. The van der Waals surface area contributed by atoms with Crippen molar-refractivity contribution in [2.45, 2.75) is 70.9 Å². The number of nitrogens with one attached hydrogen (secondary N) is 2. The first-order valence-electron chi connectivity index (χ1n) is 9.20. The molecular weight excluding hydrogens is 290 g/mol. The highest BCUT2D eigenvalue weighted by atomic mass is 16.1. The van der Waals surface area contributed by atoms with Crippen molar-refractivity contribution in [2.75, 3.05) is 13.1 Å². The van der Waals surface area contributed by atoms with Gasteiger partial charge in [0.25, 0.3) is 0 Å². The molecule has 2 atom stereocenters. The zero-order valence-corrected chi connectivity index (χ0v) is 14.2. The molecule has 1 aromatic heterocycles. The van der Waals surface area contributed by atoms with Gasteiger partial charge in [-0.2, -0.15) is 0 Å². The maximum atomic E-state index is 12.3. The van der Waals surface area contributed by atoms with Crippen LogP contribution >= 0.6 is 0 Å². The molecule has 0 radical (unpaired) electrons. The molecule has 0 aromatic carbocycles. The van der Waals surface area contributed by atoms with Crippen LogP contribution in [0.15, 0.2) is 0 Å². The Morgan fingerprint density at radius 1 is 1.39 bits per heavy atom. The van der Waals surface area contributed by atoms with E-state index in [1.165, 1.54) is 25.7 Å². The van der Waals surface area contributed by atoms with E-state index in [-0.39, 0.29) is 11.9 Å². The van der Waals surface area contributed by atoms with Crippen molar-refractivity contribution < 1.29 is 4.79 Å². The summed E-state index contributed by atoms with van der Waals surface area (Å²) >= 11 is 0. The number of carbonyl (C=O) groups is 1. The van der Waals surface area contributed by atoms with Gasteiger partial charge in [0.15, 0.2) is 5.82 Å². The van der Waals surface area contributed by atoms with Gasteiger partial charge in [-0.3, -0.25) is 4.79 Å². The lowest BCUT2D eigenvalue weighted by molar-refractivity contribution is -0.122. The number of carbonyl (C=O) groups excluding carboxylic acids is 1. The Kier molecular flexibility index (Phi) is 5.65. The van der Waals surface area contributed by atoms with Crippen LogP contribution in [0.4, 0.5) is 0 Å². The first kappa shape index (κ1) is 16.4. The smallest absolute Gasteiger partial charge is 0.220 e. The van der Waals surface area contributed by atoms with Gasteiger partial charge in [-0.1, -0.05) is 13.3 Å². The summed E-state index contributed by atoms with van der Waals surface area (Å²) in [4.78, 5) is 12.3. The molecule has 2 aliphatic heterocycles. The van der Waals surface area contributed by atoms with Crippen LogP contribution < -0.4 is 10.6 Å². The van der Waals surface area contributed by atoms with E-state index in [1.807, 2.05) is 0 Å². The molecule has 3 heterocycles. The normalized spacial score (nSPS) is 22.4. The number of aromatic nitrogens is 3. The van der Waals surface area contributed by atoms with Gasteiger partial charge < -0.3 is 15.2 Å². The van der Waals surface area contributed by atoms with Gasteiger partial charge >= 0.3 is 0 Å². The highest BCUT2D eigenvalue weighted by Gasteiger charge is 2.23. The Morgan fingerprint density at radius 2 is 2.30 bits per heavy atom. The number of hydrogen-bond donors (Lipinski definition) is 2. The lowest BCUT2D eigenvalue weighted by Gasteiger charge is -2.18. The van der Waals surface area contributed by atoms with Gasteiger partial charge in [0.05, 0.1) is 6.04 Å². The van der Waals surface area contributed by atoms with Crippen molar-refractivity contribution in [3.05, 3.63) is 11.6 Å². The van der Waals surface area contributed by atoms with E-state index in [4.69, 9.17) is 0 Å². The molecular formula is C17H29N5O. The van der Waals surface area contributed by atoms with Crippen molar-refractivity contribution in [3.63, 3.8) is 0 Å². The van der Waals surface area contributed by atoms with Crippen molar-refractivity contribution in [1.29, 1.82) is 0 Å². The number of fused-ring (bicyclic) bond motifs is 1. The van der Waals surface area contributed by atoms with E-state index >= 15 is 0 Å². The van der Waals surface area contributed by atoms with E-state index < -0.39 is 0 Å². The number of hydrogen-bond acceptors (Lipinski definition) is 4. The summed E-state index contributed by atoms with van der Waals surface area (Å²) in [7, 11) is 0. The molecule has 0 bridgehead atoms. The highest BCUT2D eigenvalue weighted by molar-refractivity contribution is 5.76. The molecule has 2 aliphatic rings. The number of rotatable bonds is 6. The predicted octanol–water partition coefficient (Wildman–Crippen LogP) is 1.96. The van der Waals surface area contributed by atoms with E-state index in [1.54, 1.807) is 0 Å². The molecule has 128 valence electrons. The van der Waals surface area contributed by atoms with Crippen molar-refractivity contribution in [2.24, 2.45) is 5.92 Å². The highest BCUT2D eigenvalue weighted by Crippen LogP contribution is 2.21. The van der Waals surface area contributed by atoms with Gasteiger partial charge in [0.2, 0.25) is 5.91 Å². The summed E-state index contributed by atoms with van der Waals surface area (Å²) in [6.45, 7) is 5.24. The third-order valence-corrected chi connectivity index (χ3v) is 5.14. The second-order valence-electron chi connectivity index (χ2n) is 6.86. The second kappa shape index (κ2) is 7.90. The minimum Gasteiger partial charge on any atom is -0.346 e. The number of nitrogens with zero attached hydrogens (tertiary/aromatic N) is 3. The molecule has 1 saturated heterocycles. The third-order valence-electron chi connectivity index (χ3n) is 5.14. The maximum absolute atomic E-state index is 12.3. The Labute approximate surface area is 138 Å². The maximum Gasteiger partial charge on any atom is 0.220 e. The van der Waals surface area contributed by atoms with Crippen LogP contribution in [0.3, 0.4) is 0 Å². The van der Waals surface area contributed by atoms with Gasteiger partial charge in [0.1, 0.15) is 5.82 Å². The van der Waals surface area contributed by atoms with Crippen molar-refractivity contribution >= 4 is 5.91 Å². The molecule has 23 heavy (non-hydrogen) atoms. The van der Waals surface area contributed by atoms with Crippen molar-refractivity contribution in [3.8, 4) is 0 Å².